The van der Waals surface area contributed by atoms with Gasteiger partial charge in [0.1, 0.15) is 11.9 Å². The van der Waals surface area contributed by atoms with Crippen LogP contribution in [0.2, 0.25) is 10.0 Å². The summed E-state index contributed by atoms with van der Waals surface area (Å²) in [5.74, 6) is 0.698. The van der Waals surface area contributed by atoms with Crippen LogP contribution in [-0.4, -0.2) is 35.1 Å². The molecular weight excluding hydrogens is 389 g/mol. The van der Waals surface area contributed by atoms with E-state index in [1.54, 1.807) is 41.3 Å². The Labute approximate surface area is 164 Å². The molecule has 138 valence electrons. The van der Waals surface area contributed by atoms with Gasteiger partial charge in [-0.2, -0.15) is 0 Å². The van der Waals surface area contributed by atoms with Crippen molar-refractivity contribution in [3.63, 3.8) is 0 Å². The van der Waals surface area contributed by atoms with Crippen LogP contribution in [0.3, 0.4) is 0 Å². The average Bonchev–Trinajstić information content (AvgIpc) is 2.61. The summed E-state index contributed by atoms with van der Waals surface area (Å²) in [4.78, 5) is 28.0. The second kappa shape index (κ2) is 7.13. The molecular formula is C19H15Cl2N3O3. The van der Waals surface area contributed by atoms with Gasteiger partial charge < -0.3 is 19.9 Å². The number of halogens is 2. The van der Waals surface area contributed by atoms with Crippen molar-refractivity contribution in [2.75, 3.05) is 18.4 Å². The number of rotatable bonds is 3. The molecule has 0 radical (unpaired) electrons. The van der Waals surface area contributed by atoms with Crippen molar-refractivity contribution < 1.29 is 9.53 Å². The Balaban J connectivity index is 1.33. The van der Waals surface area contributed by atoms with Gasteiger partial charge in [0, 0.05) is 22.7 Å². The molecule has 0 bridgehead atoms. The van der Waals surface area contributed by atoms with Gasteiger partial charge in [-0.1, -0.05) is 23.2 Å². The zero-order valence-electron chi connectivity index (χ0n) is 14.0. The number of aromatic amines is 1. The summed E-state index contributed by atoms with van der Waals surface area (Å²) < 4.78 is 5.90. The van der Waals surface area contributed by atoms with Crippen LogP contribution in [0, 0.1) is 0 Å². The molecule has 1 aliphatic heterocycles. The Morgan fingerprint density at radius 2 is 1.89 bits per heavy atom. The number of H-pyrrole nitrogens is 1. The minimum atomic E-state index is -0.218. The summed E-state index contributed by atoms with van der Waals surface area (Å²) in [6.07, 6.45) is -0.0789. The van der Waals surface area contributed by atoms with Crippen LogP contribution in [0.5, 0.6) is 5.75 Å². The third-order valence-corrected chi connectivity index (χ3v) is 5.04. The van der Waals surface area contributed by atoms with Gasteiger partial charge in [-0.15, -0.1) is 0 Å². The third-order valence-electron chi connectivity index (χ3n) is 4.30. The topological polar surface area (TPSA) is 74.4 Å². The number of pyridine rings is 1. The number of nitrogens with one attached hydrogen (secondary N) is 2. The molecule has 2 amide bonds. The van der Waals surface area contributed by atoms with Gasteiger partial charge in [-0.05, 0) is 42.5 Å². The maximum Gasteiger partial charge on any atom is 0.322 e. The van der Waals surface area contributed by atoms with Crippen LogP contribution < -0.4 is 15.6 Å². The van der Waals surface area contributed by atoms with Crippen molar-refractivity contribution in [3.05, 3.63) is 68.9 Å². The lowest BCUT2D eigenvalue weighted by Gasteiger charge is -2.38. The molecule has 0 spiro atoms. The Morgan fingerprint density at radius 1 is 1.07 bits per heavy atom. The SMILES string of the molecule is O=C(Nc1ccc(Cl)c(Cl)c1)N1CC(Oc2ccc3[nH]c(=O)ccc3c2)C1. The fraction of sp³-hybridized carbons (Fsp3) is 0.158. The smallest absolute Gasteiger partial charge is 0.322 e. The molecule has 27 heavy (non-hydrogen) atoms. The number of ether oxygens (including phenoxy) is 1. The molecule has 0 saturated carbocycles. The maximum atomic E-state index is 12.2. The van der Waals surface area contributed by atoms with Crippen LogP contribution in [0.15, 0.2) is 53.3 Å². The standard InChI is InChI=1S/C19H15Cl2N3O3/c20-15-4-2-12(8-16(15)21)22-19(26)24-9-14(10-24)27-13-3-5-17-11(7-13)1-6-18(25)23-17/h1-8,14H,9-10H2,(H,22,26)(H,23,25). The molecule has 0 aliphatic carbocycles. The van der Waals surface area contributed by atoms with Gasteiger partial charge in [0.15, 0.2) is 0 Å². The number of amides is 2. The molecule has 4 rings (SSSR count). The monoisotopic (exact) mass is 403 g/mol. The van der Waals surface area contributed by atoms with Crippen LogP contribution in [0.4, 0.5) is 10.5 Å². The Morgan fingerprint density at radius 3 is 2.67 bits per heavy atom. The Kier molecular flexibility index (Phi) is 4.68. The summed E-state index contributed by atoms with van der Waals surface area (Å²) in [5.41, 5.74) is 1.20. The molecule has 2 aromatic carbocycles. The first-order valence-corrected chi connectivity index (χ1v) is 9.04. The average molecular weight is 404 g/mol. The van der Waals surface area contributed by atoms with Gasteiger partial charge in [-0.3, -0.25) is 4.79 Å². The summed E-state index contributed by atoms with van der Waals surface area (Å²) in [6.45, 7) is 0.966. The summed E-state index contributed by atoms with van der Waals surface area (Å²) in [7, 11) is 0. The molecule has 1 fully saturated rings. The van der Waals surface area contributed by atoms with Gasteiger partial charge in [0.25, 0.3) is 0 Å². The zero-order valence-corrected chi connectivity index (χ0v) is 15.6. The van der Waals surface area contributed by atoms with E-state index in [1.807, 2.05) is 6.07 Å². The number of carbonyl (C=O) groups excluding carboxylic acids is 1. The lowest BCUT2D eigenvalue weighted by Crippen LogP contribution is -2.57. The van der Waals surface area contributed by atoms with E-state index < -0.39 is 0 Å². The van der Waals surface area contributed by atoms with E-state index in [0.717, 1.165) is 10.9 Å². The van der Waals surface area contributed by atoms with E-state index in [1.165, 1.54) is 6.07 Å². The first-order chi connectivity index (χ1) is 13.0. The number of aromatic nitrogens is 1. The minimum Gasteiger partial charge on any atom is -0.487 e. The lowest BCUT2D eigenvalue weighted by molar-refractivity contribution is 0.0494. The summed E-state index contributed by atoms with van der Waals surface area (Å²) >= 11 is 11.8. The van der Waals surface area contributed by atoms with E-state index in [4.69, 9.17) is 27.9 Å². The first-order valence-electron chi connectivity index (χ1n) is 8.29. The normalized spacial score (nSPS) is 14.1. The molecule has 1 aromatic heterocycles. The quantitative estimate of drug-likeness (QED) is 0.690. The van der Waals surface area contributed by atoms with Crippen molar-refractivity contribution in [1.29, 1.82) is 0 Å². The number of anilines is 1. The lowest BCUT2D eigenvalue weighted by atomic mass is 10.1. The first kappa shape index (κ1) is 17.7. The maximum absolute atomic E-state index is 12.2. The Bertz CT molecular complexity index is 1080. The van der Waals surface area contributed by atoms with Crippen molar-refractivity contribution in [2.45, 2.75) is 6.10 Å². The number of carbonyl (C=O) groups is 1. The number of benzene rings is 2. The summed E-state index contributed by atoms with van der Waals surface area (Å²) in [6, 6.07) is 13.4. The second-order valence-electron chi connectivity index (χ2n) is 6.28. The number of likely N-dealkylation sites (tertiary alicyclic amines) is 1. The van der Waals surface area contributed by atoms with Crippen LogP contribution in [-0.2, 0) is 0 Å². The largest absolute Gasteiger partial charge is 0.487 e. The molecule has 0 atom stereocenters. The number of nitrogens with zero attached hydrogens (tertiary/aromatic N) is 1. The van der Waals surface area contributed by atoms with Crippen LogP contribution >= 0.6 is 23.2 Å². The van der Waals surface area contributed by atoms with E-state index in [-0.39, 0.29) is 17.7 Å². The van der Waals surface area contributed by atoms with Gasteiger partial charge in [0.2, 0.25) is 5.56 Å². The molecule has 2 N–H and O–H groups in total. The highest BCUT2D eigenvalue weighted by molar-refractivity contribution is 6.42. The molecule has 2 heterocycles. The number of urea groups is 1. The van der Waals surface area contributed by atoms with Crippen molar-refractivity contribution in [3.8, 4) is 5.75 Å². The second-order valence-corrected chi connectivity index (χ2v) is 7.09. The predicted molar refractivity (Wildman–Crippen MR) is 106 cm³/mol. The van der Waals surface area contributed by atoms with E-state index >= 15 is 0 Å². The van der Waals surface area contributed by atoms with E-state index in [9.17, 15) is 9.59 Å². The van der Waals surface area contributed by atoms with Crippen molar-refractivity contribution in [2.24, 2.45) is 0 Å². The molecule has 1 saturated heterocycles. The predicted octanol–water partition coefficient (Wildman–Crippen LogP) is 4.13. The molecule has 0 unspecified atom stereocenters. The molecule has 3 aromatic rings. The summed E-state index contributed by atoms with van der Waals surface area (Å²) in [5, 5.41) is 4.49. The minimum absolute atomic E-state index is 0.0789. The molecule has 1 aliphatic rings. The number of fused-ring (bicyclic) bond motifs is 1. The fourth-order valence-corrected chi connectivity index (χ4v) is 3.15. The zero-order chi connectivity index (χ0) is 19.0. The number of hydrogen-bond donors (Lipinski definition) is 2. The van der Waals surface area contributed by atoms with Gasteiger partial charge >= 0.3 is 6.03 Å². The molecule has 8 heteroatoms. The van der Waals surface area contributed by atoms with Crippen molar-refractivity contribution >= 4 is 45.8 Å². The Hall–Kier alpha value is -2.70. The highest BCUT2D eigenvalue weighted by Gasteiger charge is 2.32. The number of hydrogen-bond acceptors (Lipinski definition) is 3. The van der Waals surface area contributed by atoms with Gasteiger partial charge in [0.05, 0.1) is 23.1 Å². The van der Waals surface area contributed by atoms with E-state index in [0.29, 0.717) is 34.6 Å². The van der Waals surface area contributed by atoms with Crippen LogP contribution in [0.25, 0.3) is 10.9 Å². The van der Waals surface area contributed by atoms with Crippen molar-refractivity contribution in [1.82, 2.24) is 9.88 Å². The molecule has 6 nitrogen and oxygen atoms in total. The highest BCUT2D eigenvalue weighted by Crippen LogP contribution is 2.26. The fourth-order valence-electron chi connectivity index (χ4n) is 2.85. The van der Waals surface area contributed by atoms with Gasteiger partial charge in [-0.25, -0.2) is 4.79 Å². The van der Waals surface area contributed by atoms with E-state index in [2.05, 4.69) is 10.3 Å². The third kappa shape index (κ3) is 3.86. The van der Waals surface area contributed by atoms with Crippen LogP contribution in [0.1, 0.15) is 0 Å². The highest BCUT2D eigenvalue weighted by atomic mass is 35.5.